The molecule has 5 rings (SSSR count). The second-order valence-electron chi connectivity index (χ2n) is 9.61. The molecule has 1 saturated carbocycles. The van der Waals surface area contributed by atoms with Gasteiger partial charge >= 0.3 is 6.18 Å². The highest BCUT2D eigenvalue weighted by molar-refractivity contribution is 7.91. The van der Waals surface area contributed by atoms with Crippen LogP contribution in [0.3, 0.4) is 0 Å². The first-order valence-corrected chi connectivity index (χ1v) is 14.5. The van der Waals surface area contributed by atoms with Gasteiger partial charge in [0.2, 0.25) is 15.9 Å². The molecule has 37 heavy (non-hydrogen) atoms. The maximum Gasteiger partial charge on any atom is 0.416 e. The third-order valence-corrected chi connectivity index (χ3v) is 10.3. The lowest BCUT2D eigenvalue weighted by atomic mass is 9.93. The molecule has 11 heteroatoms. The zero-order chi connectivity index (χ0) is 26.4. The predicted octanol–water partition coefficient (Wildman–Crippen LogP) is 6.07. The highest BCUT2D eigenvalue weighted by Gasteiger charge is 2.41. The molecule has 3 aromatic rings. The van der Waals surface area contributed by atoms with Crippen LogP contribution in [0.4, 0.5) is 18.9 Å². The number of benzene rings is 2. The molecule has 0 saturated heterocycles. The molecular formula is C26H24ClF3N2O3S2. The first-order valence-electron chi connectivity index (χ1n) is 11.8. The van der Waals surface area contributed by atoms with E-state index in [2.05, 4.69) is 10.0 Å². The van der Waals surface area contributed by atoms with Gasteiger partial charge in [-0.3, -0.25) is 4.79 Å². The second kappa shape index (κ2) is 10.1. The molecule has 2 aromatic carbocycles. The molecule has 1 aromatic heterocycles. The Balaban J connectivity index is 1.26. The molecule has 196 valence electrons. The monoisotopic (exact) mass is 568 g/mol. The number of fused-ring (bicyclic) bond motifs is 3. The fourth-order valence-electron chi connectivity index (χ4n) is 5.36. The number of carbonyl (C=O) groups is 1. The van der Waals surface area contributed by atoms with Gasteiger partial charge in [0.25, 0.3) is 0 Å². The summed E-state index contributed by atoms with van der Waals surface area (Å²) in [5.74, 6) is -0.0128. The molecule has 2 bridgehead atoms. The Morgan fingerprint density at radius 2 is 1.65 bits per heavy atom. The fraction of sp³-hybridized carbons (Fsp3) is 0.346. The fourth-order valence-corrected chi connectivity index (χ4v) is 8.23. The largest absolute Gasteiger partial charge is 0.416 e. The lowest BCUT2D eigenvalue weighted by Crippen LogP contribution is -2.41. The van der Waals surface area contributed by atoms with Crippen LogP contribution in [0.2, 0.25) is 4.34 Å². The van der Waals surface area contributed by atoms with Crippen molar-refractivity contribution in [1.82, 2.24) is 4.72 Å². The Morgan fingerprint density at radius 3 is 2.27 bits per heavy atom. The van der Waals surface area contributed by atoms with Gasteiger partial charge in [-0.2, -0.15) is 13.2 Å². The van der Waals surface area contributed by atoms with Gasteiger partial charge in [0.05, 0.1) is 16.3 Å². The molecule has 2 unspecified atom stereocenters. The van der Waals surface area contributed by atoms with Crippen LogP contribution in [-0.2, 0) is 40.3 Å². The lowest BCUT2D eigenvalue weighted by molar-refractivity contribution is -0.137. The average Bonchev–Trinajstić information content (AvgIpc) is 3.37. The van der Waals surface area contributed by atoms with Crippen LogP contribution in [0.1, 0.15) is 35.1 Å². The van der Waals surface area contributed by atoms with Gasteiger partial charge in [-0.1, -0.05) is 29.8 Å². The summed E-state index contributed by atoms with van der Waals surface area (Å²) in [7, 11) is -3.67. The Kier molecular flexibility index (Phi) is 7.12. The van der Waals surface area contributed by atoms with E-state index in [9.17, 15) is 26.4 Å². The van der Waals surface area contributed by atoms with E-state index in [1.54, 1.807) is 6.07 Å². The highest BCUT2D eigenvalue weighted by atomic mass is 35.5. The Labute approximate surface area is 222 Å². The van der Waals surface area contributed by atoms with Crippen LogP contribution in [0, 0.1) is 11.8 Å². The molecule has 5 nitrogen and oxygen atoms in total. The summed E-state index contributed by atoms with van der Waals surface area (Å²) in [6.45, 7) is 0. The van der Waals surface area contributed by atoms with Gasteiger partial charge < -0.3 is 5.32 Å². The maximum absolute atomic E-state index is 12.9. The van der Waals surface area contributed by atoms with E-state index in [1.165, 1.54) is 18.2 Å². The number of hydrogen-bond donors (Lipinski definition) is 2. The van der Waals surface area contributed by atoms with Crippen LogP contribution >= 0.6 is 22.9 Å². The van der Waals surface area contributed by atoms with E-state index in [0.29, 0.717) is 22.0 Å². The molecule has 1 amide bonds. The number of carbonyl (C=O) groups excluding carboxylic acids is 1. The standard InChI is InChI=1S/C26H24ClF3N2O3S2/c27-22-9-10-24(36-22)37(34,35)32-25-17-3-4-18(25)13-19-14-21(8-5-16(19)12-17)31-23(33)11-15-1-6-20(7-2-15)26(28,29)30/h1-2,5-10,14,17-18,25,32H,3-4,11-13H2,(H,31,33)/t17?,18?,25-/m1/s1. The van der Waals surface area contributed by atoms with Crippen molar-refractivity contribution < 1.29 is 26.4 Å². The Hall–Kier alpha value is -2.40. The summed E-state index contributed by atoms with van der Waals surface area (Å²) in [4.78, 5) is 12.6. The molecule has 1 heterocycles. The van der Waals surface area contributed by atoms with Gasteiger partial charge in [-0.05, 0) is 90.6 Å². The first kappa shape index (κ1) is 26.2. The maximum atomic E-state index is 12.9. The molecule has 2 N–H and O–H groups in total. The van der Waals surface area contributed by atoms with Crippen molar-refractivity contribution in [2.75, 3.05) is 5.32 Å². The zero-order valence-electron chi connectivity index (χ0n) is 19.5. The SMILES string of the molecule is O=C(Cc1ccc(C(F)(F)F)cc1)Nc1ccc2c(c1)CC1CCC(C2)[C@H]1NS(=O)(=O)c1ccc(Cl)s1. The summed E-state index contributed by atoms with van der Waals surface area (Å²) in [5, 5.41) is 2.84. The van der Waals surface area contributed by atoms with Crippen molar-refractivity contribution in [3.8, 4) is 0 Å². The third kappa shape index (κ3) is 5.87. The van der Waals surface area contributed by atoms with Crippen LogP contribution in [0.25, 0.3) is 0 Å². The predicted molar refractivity (Wildman–Crippen MR) is 137 cm³/mol. The number of hydrogen-bond acceptors (Lipinski definition) is 4. The van der Waals surface area contributed by atoms with Crippen LogP contribution < -0.4 is 10.0 Å². The van der Waals surface area contributed by atoms with Crippen LogP contribution in [0.15, 0.2) is 58.8 Å². The molecule has 3 atom stereocenters. The molecule has 1 fully saturated rings. The third-order valence-electron chi connectivity index (χ3n) is 7.13. The van der Waals surface area contributed by atoms with Crippen molar-refractivity contribution in [3.63, 3.8) is 0 Å². The molecular weight excluding hydrogens is 545 g/mol. The number of anilines is 1. The van der Waals surface area contributed by atoms with Crippen molar-refractivity contribution >= 4 is 44.6 Å². The highest BCUT2D eigenvalue weighted by Crippen LogP contribution is 2.41. The minimum Gasteiger partial charge on any atom is -0.326 e. The number of nitrogens with one attached hydrogen (secondary N) is 2. The summed E-state index contributed by atoms with van der Waals surface area (Å²) in [6.07, 6.45) is -1.19. The van der Waals surface area contributed by atoms with Crippen molar-refractivity contribution in [1.29, 1.82) is 0 Å². The van der Waals surface area contributed by atoms with Gasteiger partial charge in [0, 0.05) is 11.7 Å². The van der Waals surface area contributed by atoms with Crippen LogP contribution in [0.5, 0.6) is 0 Å². The molecule has 0 spiro atoms. The molecule has 0 aliphatic heterocycles. The minimum atomic E-state index is -4.42. The zero-order valence-corrected chi connectivity index (χ0v) is 21.9. The summed E-state index contributed by atoms with van der Waals surface area (Å²) < 4.78 is 67.7. The Bertz CT molecular complexity index is 1420. The van der Waals surface area contributed by atoms with Crippen molar-refractivity contribution in [2.45, 2.75) is 48.5 Å². The van der Waals surface area contributed by atoms with E-state index < -0.39 is 21.8 Å². The van der Waals surface area contributed by atoms with E-state index in [4.69, 9.17) is 11.6 Å². The Morgan fingerprint density at radius 1 is 0.973 bits per heavy atom. The number of alkyl halides is 3. The summed E-state index contributed by atoms with van der Waals surface area (Å²) in [6, 6.07) is 13.2. The van der Waals surface area contributed by atoms with E-state index in [1.807, 2.05) is 18.2 Å². The van der Waals surface area contributed by atoms with E-state index >= 15 is 0 Å². The molecule has 0 radical (unpaired) electrons. The number of halogens is 4. The summed E-state index contributed by atoms with van der Waals surface area (Å²) in [5.41, 5.74) is 2.55. The van der Waals surface area contributed by atoms with Gasteiger partial charge in [-0.25, -0.2) is 13.1 Å². The average molecular weight is 569 g/mol. The second-order valence-corrected chi connectivity index (χ2v) is 13.3. The number of thiophene rings is 1. The number of rotatable bonds is 6. The lowest BCUT2D eigenvalue weighted by Gasteiger charge is -2.23. The van der Waals surface area contributed by atoms with E-state index in [-0.39, 0.29) is 34.4 Å². The quantitative estimate of drug-likeness (QED) is 0.379. The topological polar surface area (TPSA) is 75.3 Å². The number of amides is 1. The van der Waals surface area contributed by atoms with Crippen molar-refractivity contribution in [3.05, 3.63) is 81.2 Å². The first-order chi connectivity index (χ1) is 17.5. The van der Waals surface area contributed by atoms with Gasteiger partial charge in [-0.15, -0.1) is 11.3 Å². The molecule has 2 aliphatic rings. The van der Waals surface area contributed by atoms with Crippen molar-refractivity contribution in [2.24, 2.45) is 11.8 Å². The molecule has 2 aliphatic carbocycles. The number of sulfonamides is 1. The minimum absolute atomic E-state index is 0.0451. The normalized spacial score (nSPS) is 21.4. The van der Waals surface area contributed by atoms with E-state index in [0.717, 1.165) is 53.9 Å². The van der Waals surface area contributed by atoms with Crippen LogP contribution in [-0.4, -0.2) is 20.4 Å². The van der Waals surface area contributed by atoms with Gasteiger partial charge in [0.1, 0.15) is 4.21 Å². The van der Waals surface area contributed by atoms with Gasteiger partial charge in [0.15, 0.2) is 0 Å². The summed E-state index contributed by atoms with van der Waals surface area (Å²) >= 11 is 6.97. The smallest absolute Gasteiger partial charge is 0.326 e.